The Morgan fingerprint density at radius 3 is 2.90 bits per heavy atom. The Morgan fingerprint density at radius 1 is 1.33 bits per heavy atom. The molecule has 5 nitrogen and oxygen atoms in total. The van der Waals surface area contributed by atoms with Gasteiger partial charge in [-0.1, -0.05) is 18.2 Å². The third kappa shape index (κ3) is 4.16. The summed E-state index contributed by atoms with van der Waals surface area (Å²) in [4.78, 5) is 8.60. The van der Waals surface area contributed by atoms with E-state index in [0.29, 0.717) is 13.2 Å². The van der Waals surface area contributed by atoms with Crippen molar-refractivity contribution in [3.8, 4) is 0 Å². The fourth-order valence-corrected chi connectivity index (χ4v) is 2.21. The van der Waals surface area contributed by atoms with E-state index in [9.17, 15) is 0 Å². The van der Waals surface area contributed by atoms with Crippen LogP contribution in [0, 0.1) is 0 Å². The Labute approximate surface area is 125 Å². The monoisotopic (exact) mass is 286 g/mol. The third-order valence-corrected chi connectivity index (χ3v) is 3.21. The fraction of sp³-hybridized carbons (Fsp3) is 0.375. The van der Waals surface area contributed by atoms with Crippen molar-refractivity contribution in [3.05, 3.63) is 42.1 Å². The van der Waals surface area contributed by atoms with E-state index < -0.39 is 0 Å². The van der Waals surface area contributed by atoms with Crippen LogP contribution in [0.25, 0.3) is 10.9 Å². The molecule has 0 fully saturated rings. The number of rotatable bonds is 5. The lowest BCUT2D eigenvalue weighted by molar-refractivity contribution is 0.179. The first-order valence-corrected chi connectivity index (χ1v) is 7.03. The molecule has 0 saturated carbocycles. The Kier molecular flexibility index (Phi) is 5.51. The summed E-state index contributed by atoms with van der Waals surface area (Å²) in [5.41, 5.74) is 2.20. The van der Waals surface area contributed by atoms with Gasteiger partial charge < -0.3 is 15.4 Å². The zero-order valence-corrected chi connectivity index (χ0v) is 12.8. The fourth-order valence-electron chi connectivity index (χ4n) is 2.21. The Balaban J connectivity index is 2.03. The number of hydrogen-bond acceptors (Lipinski definition) is 3. The zero-order chi connectivity index (χ0) is 15.1. The van der Waals surface area contributed by atoms with E-state index in [1.54, 1.807) is 14.2 Å². The molecule has 0 saturated heterocycles. The third-order valence-electron chi connectivity index (χ3n) is 3.21. The van der Waals surface area contributed by atoms with Gasteiger partial charge in [0.1, 0.15) is 0 Å². The van der Waals surface area contributed by atoms with Gasteiger partial charge in [-0.15, -0.1) is 0 Å². The van der Waals surface area contributed by atoms with Gasteiger partial charge in [0.2, 0.25) is 0 Å². The maximum atomic E-state index is 5.12. The Morgan fingerprint density at radius 2 is 2.14 bits per heavy atom. The van der Waals surface area contributed by atoms with Crippen molar-refractivity contribution in [2.24, 2.45) is 4.99 Å². The molecular formula is C16H22N4O. The van der Waals surface area contributed by atoms with Crippen molar-refractivity contribution in [2.75, 3.05) is 20.8 Å². The highest BCUT2D eigenvalue weighted by molar-refractivity contribution is 5.83. The van der Waals surface area contributed by atoms with E-state index in [1.807, 2.05) is 30.5 Å². The molecule has 5 heteroatoms. The molecule has 0 aliphatic carbocycles. The van der Waals surface area contributed by atoms with Gasteiger partial charge >= 0.3 is 0 Å². The minimum absolute atomic E-state index is 0.204. The lowest BCUT2D eigenvalue weighted by Crippen LogP contribution is -2.43. The summed E-state index contributed by atoms with van der Waals surface area (Å²) in [6.45, 7) is 3.39. The highest BCUT2D eigenvalue weighted by Crippen LogP contribution is 2.15. The SMILES string of the molecule is CN=C(NCc1ccnc2ccccc12)NC(C)COC. The predicted octanol–water partition coefficient (Wildman–Crippen LogP) is 1.93. The number of aromatic nitrogens is 1. The predicted molar refractivity (Wildman–Crippen MR) is 86.4 cm³/mol. The second kappa shape index (κ2) is 7.59. The average molecular weight is 286 g/mol. The first-order valence-electron chi connectivity index (χ1n) is 7.03. The number of nitrogens with zero attached hydrogens (tertiary/aromatic N) is 2. The van der Waals surface area contributed by atoms with Crippen molar-refractivity contribution < 1.29 is 4.74 Å². The van der Waals surface area contributed by atoms with E-state index >= 15 is 0 Å². The maximum absolute atomic E-state index is 5.12. The number of pyridine rings is 1. The van der Waals surface area contributed by atoms with E-state index in [4.69, 9.17) is 4.74 Å². The van der Waals surface area contributed by atoms with Gasteiger partial charge in [-0.2, -0.15) is 0 Å². The molecule has 1 unspecified atom stereocenters. The summed E-state index contributed by atoms with van der Waals surface area (Å²) < 4.78 is 5.12. The number of ether oxygens (including phenoxy) is 1. The number of para-hydroxylation sites is 1. The van der Waals surface area contributed by atoms with Crippen LogP contribution in [0.2, 0.25) is 0 Å². The topological polar surface area (TPSA) is 58.5 Å². The van der Waals surface area contributed by atoms with Crippen molar-refractivity contribution in [1.82, 2.24) is 15.6 Å². The highest BCUT2D eigenvalue weighted by atomic mass is 16.5. The van der Waals surface area contributed by atoms with E-state index in [1.165, 1.54) is 5.56 Å². The minimum Gasteiger partial charge on any atom is -0.383 e. The molecule has 2 rings (SSSR count). The number of guanidine groups is 1. The Bertz CT molecular complexity index is 607. The molecule has 0 aliphatic rings. The van der Waals surface area contributed by atoms with Crippen LogP contribution >= 0.6 is 0 Å². The minimum atomic E-state index is 0.204. The number of aliphatic imine (C=N–C) groups is 1. The summed E-state index contributed by atoms with van der Waals surface area (Å²) in [5, 5.41) is 7.77. The number of nitrogens with one attached hydrogen (secondary N) is 2. The molecule has 0 aliphatic heterocycles. The van der Waals surface area contributed by atoms with Crippen LogP contribution in [-0.4, -0.2) is 37.7 Å². The first kappa shape index (κ1) is 15.3. The van der Waals surface area contributed by atoms with E-state index in [2.05, 4.69) is 33.6 Å². The first-order chi connectivity index (χ1) is 10.2. The van der Waals surface area contributed by atoms with Crippen molar-refractivity contribution >= 4 is 16.9 Å². The largest absolute Gasteiger partial charge is 0.383 e. The standard InChI is InChI=1S/C16H22N4O/c1-12(11-21-3)20-16(17-2)19-10-13-8-9-18-15-7-5-4-6-14(13)15/h4-9,12H,10-11H2,1-3H3,(H2,17,19,20). The summed E-state index contributed by atoms with van der Waals surface area (Å²) >= 11 is 0. The highest BCUT2D eigenvalue weighted by Gasteiger charge is 2.06. The number of hydrogen-bond donors (Lipinski definition) is 2. The second-order valence-electron chi connectivity index (χ2n) is 4.91. The van der Waals surface area contributed by atoms with Crippen molar-refractivity contribution in [3.63, 3.8) is 0 Å². The molecule has 1 aromatic heterocycles. The van der Waals surface area contributed by atoms with Crippen molar-refractivity contribution in [1.29, 1.82) is 0 Å². The molecule has 112 valence electrons. The molecule has 1 atom stereocenters. The van der Waals surface area contributed by atoms with Gasteiger partial charge in [0.05, 0.1) is 12.1 Å². The van der Waals surface area contributed by atoms with Gasteiger partial charge in [0.25, 0.3) is 0 Å². The number of fused-ring (bicyclic) bond motifs is 1. The van der Waals surface area contributed by atoms with E-state index in [-0.39, 0.29) is 6.04 Å². The lowest BCUT2D eigenvalue weighted by Gasteiger charge is -2.17. The number of benzene rings is 1. The second-order valence-corrected chi connectivity index (χ2v) is 4.91. The molecular weight excluding hydrogens is 264 g/mol. The molecule has 0 bridgehead atoms. The van der Waals surface area contributed by atoms with Crippen LogP contribution in [-0.2, 0) is 11.3 Å². The van der Waals surface area contributed by atoms with Gasteiger partial charge in [0, 0.05) is 38.3 Å². The Hall–Kier alpha value is -2.14. The van der Waals surface area contributed by atoms with Gasteiger partial charge in [-0.3, -0.25) is 9.98 Å². The number of methoxy groups -OCH3 is 1. The molecule has 2 aromatic rings. The van der Waals surface area contributed by atoms with Gasteiger partial charge in [0.15, 0.2) is 5.96 Å². The van der Waals surface area contributed by atoms with E-state index in [0.717, 1.165) is 16.9 Å². The maximum Gasteiger partial charge on any atom is 0.191 e. The molecule has 2 N–H and O–H groups in total. The summed E-state index contributed by atoms with van der Waals surface area (Å²) in [5.74, 6) is 0.764. The van der Waals surface area contributed by atoms with Gasteiger partial charge in [-0.25, -0.2) is 0 Å². The normalized spacial score (nSPS) is 13.2. The smallest absolute Gasteiger partial charge is 0.191 e. The van der Waals surface area contributed by atoms with Crippen LogP contribution < -0.4 is 10.6 Å². The molecule has 0 amide bonds. The van der Waals surface area contributed by atoms with Crippen LogP contribution in [0.15, 0.2) is 41.5 Å². The van der Waals surface area contributed by atoms with Crippen LogP contribution in [0.5, 0.6) is 0 Å². The molecule has 1 aromatic carbocycles. The lowest BCUT2D eigenvalue weighted by atomic mass is 10.1. The zero-order valence-electron chi connectivity index (χ0n) is 12.8. The van der Waals surface area contributed by atoms with Crippen LogP contribution in [0.4, 0.5) is 0 Å². The average Bonchev–Trinajstić information content (AvgIpc) is 2.51. The van der Waals surface area contributed by atoms with Gasteiger partial charge in [-0.05, 0) is 24.6 Å². The van der Waals surface area contributed by atoms with Crippen LogP contribution in [0.3, 0.4) is 0 Å². The van der Waals surface area contributed by atoms with Crippen molar-refractivity contribution in [2.45, 2.75) is 19.5 Å². The van der Waals surface area contributed by atoms with Crippen LogP contribution in [0.1, 0.15) is 12.5 Å². The quantitative estimate of drug-likeness (QED) is 0.651. The summed E-state index contributed by atoms with van der Waals surface area (Å²) in [6.07, 6.45) is 1.84. The summed E-state index contributed by atoms with van der Waals surface area (Å²) in [7, 11) is 3.46. The molecule has 1 heterocycles. The molecule has 0 radical (unpaired) electrons. The summed E-state index contributed by atoms with van der Waals surface area (Å²) in [6, 6.07) is 10.4. The molecule has 21 heavy (non-hydrogen) atoms. The molecule has 0 spiro atoms.